The van der Waals surface area contributed by atoms with Crippen LogP contribution in [0.2, 0.25) is 0 Å². The molecule has 0 bridgehead atoms. The van der Waals surface area contributed by atoms with E-state index in [9.17, 15) is 0 Å². The summed E-state index contributed by atoms with van der Waals surface area (Å²) in [4.78, 5) is 3.61. The molecule has 2 radical (unpaired) electrons. The zero-order valence-electron chi connectivity index (χ0n) is 9.05. The first-order chi connectivity index (χ1) is 6.04. The molecule has 1 aliphatic heterocycles. The molecule has 1 heterocycles. The molecule has 0 aromatic rings. The molecule has 0 atom stereocenters. The maximum Gasteiger partial charge on any atom is 0.163 e. The minimum absolute atomic E-state index is 0.276. The summed E-state index contributed by atoms with van der Waals surface area (Å²) in [7, 11) is 0. The summed E-state index contributed by atoms with van der Waals surface area (Å²) in [5, 5.41) is 0. The SMILES string of the molecule is CCCCN1[C]SC(C(C)(C)C)=C1. The minimum atomic E-state index is 0.276. The summed E-state index contributed by atoms with van der Waals surface area (Å²) in [5.41, 5.74) is 0.276. The van der Waals surface area contributed by atoms with E-state index in [4.69, 9.17) is 0 Å². The van der Waals surface area contributed by atoms with Gasteiger partial charge in [0.25, 0.3) is 0 Å². The molecule has 74 valence electrons. The van der Waals surface area contributed by atoms with Crippen LogP contribution in [0.5, 0.6) is 0 Å². The third-order valence-corrected chi connectivity index (χ3v) is 3.30. The molecule has 0 aliphatic carbocycles. The first-order valence-electron chi connectivity index (χ1n) is 4.95. The third kappa shape index (κ3) is 3.26. The van der Waals surface area contributed by atoms with E-state index in [1.165, 1.54) is 17.7 Å². The van der Waals surface area contributed by atoms with Crippen LogP contribution in [-0.2, 0) is 0 Å². The average Bonchev–Trinajstić information content (AvgIpc) is 2.47. The summed E-state index contributed by atoms with van der Waals surface area (Å²) in [5.74, 6) is 3.31. The molecule has 1 aliphatic rings. The van der Waals surface area contributed by atoms with Crippen LogP contribution in [0.1, 0.15) is 40.5 Å². The van der Waals surface area contributed by atoms with E-state index in [0.29, 0.717) is 0 Å². The molecular weight excluding hydrogens is 178 g/mol. The lowest BCUT2D eigenvalue weighted by molar-refractivity contribution is 0.460. The zero-order valence-corrected chi connectivity index (χ0v) is 9.87. The van der Waals surface area contributed by atoms with Crippen molar-refractivity contribution < 1.29 is 0 Å². The summed E-state index contributed by atoms with van der Waals surface area (Å²) >= 11 is 1.74. The molecule has 1 rings (SSSR count). The summed E-state index contributed by atoms with van der Waals surface area (Å²) < 4.78 is 0. The lowest BCUT2D eigenvalue weighted by atomic mass is 9.96. The molecule has 0 saturated heterocycles. The fourth-order valence-electron chi connectivity index (χ4n) is 1.09. The van der Waals surface area contributed by atoms with Crippen molar-refractivity contribution in [1.29, 1.82) is 0 Å². The Labute approximate surface area is 86.6 Å². The van der Waals surface area contributed by atoms with E-state index >= 15 is 0 Å². The number of rotatable bonds is 3. The summed E-state index contributed by atoms with van der Waals surface area (Å²) in [6.07, 6.45) is 4.74. The van der Waals surface area contributed by atoms with Crippen LogP contribution in [0, 0.1) is 11.3 Å². The molecule has 0 fully saturated rings. The van der Waals surface area contributed by atoms with Crippen molar-refractivity contribution in [1.82, 2.24) is 4.90 Å². The molecule has 0 N–H and O–H groups in total. The predicted molar refractivity (Wildman–Crippen MR) is 60.0 cm³/mol. The van der Waals surface area contributed by atoms with Gasteiger partial charge in [0.2, 0.25) is 0 Å². The van der Waals surface area contributed by atoms with E-state index in [0.717, 1.165) is 6.54 Å². The number of thioether (sulfide) groups is 1. The Hall–Kier alpha value is -0.110. The van der Waals surface area contributed by atoms with Crippen LogP contribution in [0.3, 0.4) is 0 Å². The second-order valence-corrected chi connectivity index (χ2v) is 5.31. The number of unbranched alkanes of at least 4 members (excludes halogenated alkanes) is 1. The van der Waals surface area contributed by atoms with Gasteiger partial charge < -0.3 is 4.90 Å². The molecule has 0 unspecified atom stereocenters. The molecule has 1 nitrogen and oxygen atoms in total. The fourth-order valence-corrected chi connectivity index (χ4v) is 1.93. The Morgan fingerprint density at radius 2 is 2.15 bits per heavy atom. The smallest absolute Gasteiger partial charge is 0.163 e. The van der Waals surface area contributed by atoms with Crippen molar-refractivity contribution in [3.05, 3.63) is 17.0 Å². The second-order valence-electron chi connectivity index (χ2n) is 4.48. The van der Waals surface area contributed by atoms with Gasteiger partial charge in [-0.3, -0.25) is 0 Å². The van der Waals surface area contributed by atoms with Gasteiger partial charge in [-0.25, -0.2) is 0 Å². The summed E-state index contributed by atoms with van der Waals surface area (Å²) in [6, 6.07) is 0. The van der Waals surface area contributed by atoms with Crippen molar-refractivity contribution in [2.24, 2.45) is 5.41 Å². The van der Waals surface area contributed by atoms with Crippen LogP contribution in [-0.4, -0.2) is 11.4 Å². The van der Waals surface area contributed by atoms with Gasteiger partial charge in [-0.2, -0.15) is 0 Å². The molecule has 0 spiro atoms. The second kappa shape index (κ2) is 4.41. The van der Waals surface area contributed by atoms with Crippen LogP contribution in [0.25, 0.3) is 0 Å². The van der Waals surface area contributed by atoms with Gasteiger partial charge in [-0.05, 0) is 11.8 Å². The first kappa shape index (κ1) is 11.0. The number of nitrogens with zero attached hydrogens (tertiary/aromatic N) is 1. The highest BCUT2D eigenvalue weighted by molar-refractivity contribution is 8.05. The molecular formula is C11H19NS. The topological polar surface area (TPSA) is 3.24 Å². The highest BCUT2D eigenvalue weighted by Gasteiger charge is 2.24. The highest BCUT2D eigenvalue weighted by atomic mass is 32.2. The first-order valence-corrected chi connectivity index (χ1v) is 5.77. The van der Waals surface area contributed by atoms with Gasteiger partial charge in [0.05, 0.1) is 0 Å². The number of hydrogen-bond acceptors (Lipinski definition) is 2. The van der Waals surface area contributed by atoms with Gasteiger partial charge in [-0.1, -0.05) is 45.9 Å². The average molecular weight is 197 g/mol. The van der Waals surface area contributed by atoms with E-state index in [1.807, 2.05) is 0 Å². The Balaban J connectivity index is 2.44. The maximum atomic E-state index is 3.31. The van der Waals surface area contributed by atoms with Crippen LogP contribution >= 0.6 is 11.8 Å². The Morgan fingerprint density at radius 3 is 2.62 bits per heavy atom. The van der Waals surface area contributed by atoms with E-state index in [1.54, 1.807) is 11.8 Å². The third-order valence-electron chi connectivity index (χ3n) is 2.04. The van der Waals surface area contributed by atoms with Crippen molar-refractivity contribution in [3.63, 3.8) is 0 Å². The van der Waals surface area contributed by atoms with Crippen LogP contribution in [0.15, 0.2) is 11.1 Å². The van der Waals surface area contributed by atoms with Crippen molar-refractivity contribution >= 4 is 11.8 Å². The Morgan fingerprint density at radius 1 is 1.46 bits per heavy atom. The monoisotopic (exact) mass is 197 g/mol. The largest absolute Gasteiger partial charge is 0.356 e. The fraction of sp³-hybridized carbons (Fsp3) is 0.727. The highest BCUT2D eigenvalue weighted by Crippen LogP contribution is 2.41. The van der Waals surface area contributed by atoms with Gasteiger partial charge in [0.1, 0.15) is 0 Å². The molecule has 2 heteroatoms. The van der Waals surface area contributed by atoms with Crippen LogP contribution < -0.4 is 0 Å². The van der Waals surface area contributed by atoms with Gasteiger partial charge in [-0.15, -0.1) is 0 Å². The molecule has 0 aromatic carbocycles. The predicted octanol–water partition coefficient (Wildman–Crippen LogP) is 3.72. The van der Waals surface area contributed by atoms with E-state index in [2.05, 4.69) is 44.7 Å². The lowest BCUT2D eigenvalue weighted by Gasteiger charge is -2.17. The quantitative estimate of drug-likeness (QED) is 0.678. The Kier molecular flexibility index (Phi) is 3.72. The summed E-state index contributed by atoms with van der Waals surface area (Å²) in [6.45, 7) is 10.1. The van der Waals surface area contributed by atoms with Gasteiger partial charge in [0.15, 0.2) is 5.88 Å². The minimum Gasteiger partial charge on any atom is -0.356 e. The van der Waals surface area contributed by atoms with Crippen molar-refractivity contribution in [2.45, 2.75) is 40.5 Å². The van der Waals surface area contributed by atoms with Crippen LogP contribution in [0.4, 0.5) is 0 Å². The van der Waals surface area contributed by atoms with E-state index in [-0.39, 0.29) is 5.41 Å². The van der Waals surface area contributed by atoms with E-state index < -0.39 is 0 Å². The van der Waals surface area contributed by atoms with Crippen molar-refractivity contribution in [3.8, 4) is 0 Å². The zero-order chi connectivity index (χ0) is 9.90. The maximum absolute atomic E-state index is 3.31. The van der Waals surface area contributed by atoms with Gasteiger partial charge in [0, 0.05) is 17.6 Å². The number of hydrogen-bond donors (Lipinski definition) is 0. The molecule has 13 heavy (non-hydrogen) atoms. The molecule has 0 amide bonds. The van der Waals surface area contributed by atoms with Gasteiger partial charge >= 0.3 is 0 Å². The lowest BCUT2D eigenvalue weighted by Crippen LogP contribution is -2.11. The van der Waals surface area contributed by atoms with Crippen molar-refractivity contribution in [2.75, 3.05) is 6.54 Å². The molecule has 0 aromatic heterocycles. The molecule has 0 saturated carbocycles. The number of allylic oxidation sites excluding steroid dienone is 1. The Bertz CT molecular complexity index is 191. The standard InChI is InChI=1S/C11H19NS/c1-5-6-7-12-8-10(13-9-12)11(2,3)4/h8H,5-7H2,1-4H3. The normalized spacial score (nSPS) is 17.8.